The van der Waals surface area contributed by atoms with Crippen LogP contribution in [0.1, 0.15) is 62.8 Å². The summed E-state index contributed by atoms with van der Waals surface area (Å²) in [4.78, 5) is 16.7. The van der Waals surface area contributed by atoms with Crippen LogP contribution in [0.25, 0.3) is 0 Å². The van der Waals surface area contributed by atoms with Crippen LogP contribution in [0, 0.1) is 12.8 Å². The van der Waals surface area contributed by atoms with E-state index in [4.69, 9.17) is 4.63 Å². The topological polar surface area (TPSA) is 82.7 Å². The third-order valence-corrected chi connectivity index (χ3v) is 5.93. The Morgan fingerprint density at radius 3 is 2.73 bits per heavy atom. The molecule has 7 nitrogen and oxygen atoms in total. The lowest BCUT2D eigenvalue weighted by atomic mass is 9.86. The Morgan fingerprint density at radius 1 is 1.27 bits per heavy atom. The van der Waals surface area contributed by atoms with Gasteiger partial charge in [0.25, 0.3) is 5.91 Å². The maximum absolute atomic E-state index is 12.9. The lowest BCUT2D eigenvalue weighted by Gasteiger charge is -2.40. The monoisotopic (exact) mass is 364 g/mol. The molecule has 1 aromatic heterocycles. The van der Waals surface area contributed by atoms with E-state index < -0.39 is 5.60 Å². The predicted molar refractivity (Wildman–Crippen MR) is 97.3 cm³/mol. The van der Waals surface area contributed by atoms with Crippen LogP contribution in [-0.4, -0.2) is 63.4 Å². The van der Waals surface area contributed by atoms with Gasteiger partial charge in [-0.1, -0.05) is 42.4 Å². The summed E-state index contributed by atoms with van der Waals surface area (Å²) in [7, 11) is 1.89. The van der Waals surface area contributed by atoms with Crippen LogP contribution in [-0.2, 0) is 11.3 Å². The molecule has 1 amide bonds. The Bertz CT molecular complexity index is 599. The summed E-state index contributed by atoms with van der Waals surface area (Å²) < 4.78 is 4.72. The Kier molecular flexibility index (Phi) is 6.29. The minimum absolute atomic E-state index is 0.110. The summed E-state index contributed by atoms with van der Waals surface area (Å²) in [6.07, 6.45) is 9.03. The zero-order valence-electron chi connectivity index (χ0n) is 16.1. The van der Waals surface area contributed by atoms with Crippen LogP contribution in [0.2, 0.25) is 0 Å². The first kappa shape index (κ1) is 19.3. The molecule has 1 aromatic rings. The second kappa shape index (κ2) is 8.48. The van der Waals surface area contributed by atoms with E-state index >= 15 is 0 Å². The van der Waals surface area contributed by atoms with Gasteiger partial charge in [-0.3, -0.25) is 9.69 Å². The minimum atomic E-state index is -1.30. The standard InChI is InChI=1S/C19H32N4O3/c1-15-17(21-26-20-15)13-22(2)14-19(25)10-6-11-23(18(19)24)12-9-16-7-4-3-5-8-16/h16,25H,3-14H2,1-2H3. The Balaban J connectivity index is 1.53. The van der Waals surface area contributed by atoms with Crippen LogP contribution >= 0.6 is 0 Å². The SMILES string of the molecule is Cc1nonc1CN(C)CC1(O)CCCN(CCC2CCCCC2)C1=O. The van der Waals surface area contributed by atoms with Crippen molar-refractivity contribution >= 4 is 5.91 Å². The van der Waals surface area contributed by atoms with E-state index in [2.05, 4.69) is 10.3 Å². The van der Waals surface area contributed by atoms with E-state index in [0.717, 1.165) is 43.2 Å². The van der Waals surface area contributed by atoms with Gasteiger partial charge in [0.1, 0.15) is 11.4 Å². The van der Waals surface area contributed by atoms with Crippen molar-refractivity contribution in [2.75, 3.05) is 26.7 Å². The van der Waals surface area contributed by atoms with Gasteiger partial charge in [-0.2, -0.15) is 0 Å². The number of carbonyl (C=O) groups is 1. The lowest BCUT2D eigenvalue weighted by molar-refractivity contribution is -0.159. The molecular formula is C19H32N4O3. The van der Waals surface area contributed by atoms with Gasteiger partial charge in [-0.15, -0.1) is 0 Å². The number of hydrogen-bond donors (Lipinski definition) is 1. The Hall–Kier alpha value is -1.47. The Morgan fingerprint density at radius 2 is 2.04 bits per heavy atom. The summed E-state index contributed by atoms with van der Waals surface area (Å²) in [5, 5.41) is 18.7. The highest BCUT2D eigenvalue weighted by Gasteiger charge is 2.42. The number of piperidine rings is 1. The van der Waals surface area contributed by atoms with E-state index in [0.29, 0.717) is 19.5 Å². The highest BCUT2D eigenvalue weighted by molar-refractivity contribution is 5.86. The molecule has 0 spiro atoms. The van der Waals surface area contributed by atoms with Crippen LogP contribution in [0.3, 0.4) is 0 Å². The molecule has 0 radical (unpaired) electrons. The van der Waals surface area contributed by atoms with E-state index in [1.54, 1.807) is 0 Å². The number of aryl methyl sites for hydroxylation is 1. The number of aliphatic hydroxyl groups is 1. The van der Waals surface area contributed by atoms with Gasteiger partial charge in [0.2, 0.25) is 0 Å². The molecule has 0 bridgehead atoms. The summed E-state index contributed by atoms with van der Waals surface area (Å²) in [5.41, 5.74) is 0.186. The predicted octanol–water partition coefficient (Wildman–Crippen LogP) is 2.13. The molecule has 1 unspecified atom stereocenters. The molecule has 1 aliphatic heterocycles. The van der Waals surface area contributed by atoms with E-state index in [-0.39, 0.29) is 5.91 Å². The normalized spacial score (nSPS) is 25.2. The Labute approximate surface area is 155 Å². The number of likely N-dealkylation sites (N-methyl/N-ethyl adjacent to an activating group) is 1. The minimum Gasteiger partial charge on any atom is -0.379 e. The summed E-state index contributed by atoms with van der Waals surface area (Å²) >= 11 is 0. The first-order valence-corrected chi connectivity index (χ1v) is 9.96. The lowest BCUT2D eigenvalue weighted by Crippen LogP contribution is -2.58. The maximum Gasteiger partial charge on any atom is 0.255 e. The molecule has 1 saturated carbocycles. The zero-order valence-corrected chi connectivity index (χ0v) is 16.1. The van der Waals surface area contributed by atoms with E-state index in [9.17, 15) is 9.90 Å². The van der Waals surface area contributed by atoms with Gasteiger partial charge in [-0.25, -0.2) is 4.63 Å². The number of amides is 1. The number of nitrogens with zero attached hydrogens (tertiary/aromatic N) is 4. The second-order valence-corrected chi connectivity index (χ2v) is 8.19. The van der Waals surface area contributed by atoms with Gasteiger partial charge >= 0.3 is 0 Å². The molecule has 2 aliphatic rings. The van der Waals surface area contributed by atoms with Gasteiger partial charge in [0.05, 0.1) is 0 Å². The number of aromatic nitrogens is 2. The molecule has 7 heteroatoms. The van der Waals surface area contributed by atoms with Gasteiger partial charge in [-0.05, 0) is 39.2 Å². The van der Waals surface area contributed by atoms with Crippen molar-refractivity contribution in [2.24, 2.45) is 5.92 Å². The zero-order chi connectivity index (χ0) is 18.6. The average Bonchev–Trinajstić information content (AvgIpc) is 3.02. The molecule has 1 saturated heterocycles. The van der Waals surface area contributed by atoms with E-state index in [1.807, 2.05) is 23.8 Å². The molecule has 0 aromatic carbocycles. The molecule has 2 fully saturated rings. The largest absolute Gasteiger partial charge is 0.379 e. The average molecular weight is 364 g/mol. The second-order valence-electron chi connectivity index (χ2n) is 8.19. The first-order valence-electron chi connectivity index (χ1n) is 9.96. The third kappa shape index (κ3) is 4.62. The fourth-order valence-electron chi connectivity index (χ4n) is 4.39. The fourth-order valence-corrected chi connectivity index (χ4v) is 4.39. The summed E-state index contributed by atoms with van der Waals surface area (Å²) in [6, 6.07) is 0. The number of hydrogen-bond acceptors (Lipinski definition) is 6. The number of rotatable bonds is 7. The van der Waals surface area contributed by atoms with Crippen LogP contribution in [0.4, 0.5) is 0 Å². The molecular weight excluding hydrogens is 332 g/mol. The van der Waals surface area contributed by atoms with Crippen molar-refractivity contribution in [2.45, 2.75) is 70.4 Å². The smallest absolute Gasteiger partial charge is 0.255 e. The molecule has 26 heavy (non-hydrogen) atoms. The molecule has 3 rings (SSSR count). The van der Waals surface area contributed by atoms with Crippen LogP contribution in [0.5, 0.6) is 0 Å². The van der Waals surface area contributed by atoms with Gasteiger partial charge in [0.15, 0.2) is 5.60 Å². The van der Waals surface area contributed by atoms with Crippen molar-refractivity contribution < 1.29 is 14.5 Å². The summed E-state index contributed by atoms with van der Waals surface area (Å²) in [5.74, 6) is 0.637. The molecule has 1 N–H and O–H groups in total. The van der Waals surface area contributed by atoms with Gasteiger partial charge < -0.3 is 10.0 Å². The molecule has 1 aliphatic carbocycles. The van der Waals surface area contributed by atoms with Gasteiger partial charge in [0, 0.05) is 26.2 Å². The van der Waals surface area contributed by atoms with Crippen molar-refractivity contribution in [3.63, 3.8) is 0 Å². The highest BCUT2D eigenvalue weighted by atomic mass is 16.6. The van der Waals surface area contributed by atoms with Crippen LogP contribution < -0.4 is 0 Å². The van der Waals surface area contributed by atoms with Crippen molar-refractivity contribution in [1.29, 1.82) is 0 Å². The number of carbonyl (C=O) groups excluding carboxylic acids is 1. The molecule has 2 heterocycles. The van der Waals surface area contributed by atoms with Crippen molar-refractivity contribution in [3.05, 3.63) is 11.4 Å². The van der Waals surface area contributed by atoms with Crippen LogP contribution in [0.15, 0.2) is 4.63 Å². The quantitative estimate of drug-likeness (QED) is 0.798. The van der Waals surface area contributed by atoms with Crippen molar-refractivity contribution in [1.82, 2.24) is 20.1 Å². The number of likely N-dealkylation sites (tertiary alicyclic amines) is 1. The molecule has 146 valence electrons. The van der Waals surface area contributed by atoms with E-state index in [1.165, 1.54) is 32.1 Å². The first-order chi connectivity index (χ1) is 12.5. The van der Waals surface area contributed by atoms with Crippen molar-refractivity contribution in [3.8, 4) is 0 Å². The highest BCUT2D eigenvalue weighted by Crippen LogP contribution is 2.29. The summed E-state index contributed by atoms with van der Waals surface area (Å²) in [6.45, 7) is 4.20. The third-order valence-electron chi connectivity index (χ3n) is 5.93. The fraction of sp³-hybridized carbons (Fsp3) is 0.842. The molecule has 1 atom stereocenters. The maximum atomic E-state index is 12.9.